The number of hydrogen-bond acceptors (Lipinski definition) is 4. The lowest BCUT2D eigenvalue weighted by Gasteiger charge is -2.38. The molecule has 1 aliphatic heterocycles. The van der Waals surface area contributed by atoms with Crippen LogP contribution in [0.5, 0.6) is 5.75 Å². The Balaban J connectivity index is 1.61. The summed E-state index contributed by atoms with van der Waals surface area (Å²) in [6.45, 7) is 5.04. The Labute approximate surface area is 126 Å². The zero-order chi connectivity index (χ0) is 14.7. The fraction of sp³-hybridized carbons (Fsp3) is 0.647. The molecule has 116 valence electrons. The Hall–Kier alpha value is -1.10. The zero-order valence-corrected chi connectivity index (χ0v) is 12.7. The molecule has 1 aromatic carbocycles. The number of morpholine rings is 1. The average Bonchev–Trinajstić information content (AvgIpc) is 2.98. The molecule has 1 heterocycles. The second-order valence-electron chi connectivity index (χ2n) is 5.92. The Morgan fingerprint density at radius 1 is 1.33 bits per heavy atom. The van der Waals surface area contributed by atoms with Crippen LogP contribution in [-0.2, 0) is 4.74 Å². The SMILES string of the molecule is CCOc1ccc(C(O)CN2CCOC3CCCC32)cc1. The van der Waals surface area contributed by atoms with Crippen LogP contribution in [0.1, 0.15) is 37.9 Å². The number of aliphatic hydroxyl groups excluding tert-OH is 1. The Morgan fingerprint density at radius 3 is 2.90 bits per heavy atom. The van der Waals surface area contributed by atoms with E-state index in [2.05, 4.69) is 4.90 Å². The largest absolute Gasteiger partial charge is 0.494 e. The monoisotopic (exact) mass is 291 g/mol. The van der Waals surface area contributed by atoms with Crippen molar-refractivity contribution in [3.63, 3.8) is 0 Å². The van der Waals surface area contributed by atoms with Crippen LogP contribution in [0, 0.1) is 0 Å². The molecule has 4 nitrogen and oxygen atoms in total. The number of rotatable bonds is 5. The van der Waals surface area contributed by atoms with Crippen molar-refractivity contribution in [1.29, 1.82) is 0 Å². The maximum atomic E-state index is 10.5. The van der Waals surface area contributed by atoms with Crippen LogP contribution in [0.25, 0.3) is 0 Å². The second-order valence-corrected chi connectivity index (χ2v) is 5.92. The van der Waals surface area contributed by atoms with Gasteiger partial charge in [0.25, 0.3) is 0 Å². The molecule has 0 radical (unpaired) electrons. The van der Waals surface area contributed by atoms with Crippen molar-refractivity contribution in [1.82, 2.24) is 4.90 Å². The van der Waals surface area contributed by atoms with Crippen LogP contribution < -0.4 is 4.74 Å². The Bertz CT molecular complexity index is 448. The van der Waals surface area contributed by atoms with Gasteiger partial charge < -0.3 is 14.6 Å². The highest BCUT2D eigenvalue weighted by Crippen LogP contribution is 2.31. The number of fused-ring (bicyclic) bond motifs is 1. The molecule has 1 saturated heterocycles. The van der Waals surface area contributed by atoms with Crippen molar-refractivity contribution < 1.29 is 14.6 Å². The molecular weight excluding hydrogens is 266 g/mol. The topological polar surface area (TPSA) is 41.9 Å². The number of nitrogens with zero attached hydrogens (tertiary/aromatic N) is 1. The third-order valence-electron chi connectivity index (χ3n) is 4.58. The molecule has 3 atom stereocenters. The van der Waals surface area contributed by atoms with Crippen molar-refractivity contribution in [3.05, 3.63) is 29.8 Å². The highest BCUT2D eigenvalue weighted by Gasteiger charge is 2.36. The lowest BCUT2D eigenvalue weighted by Crippen LogP contribution is -2.49. The van der Waals surface area contributed by atoms with Crippen molar-refractivity contribution in [2.45, 2.75) is 44.4 Å². The van der Waals surface area contributed by atoms with E-state index in [1.807, 2.05) is 31.2 Å². The molecule has 21 heavy (non-hydrogen) atoms. The van der Waals surface area contributed by atoms with Gasteiger partial charge in [-0.1, -0.05) is 12.1 Å². The quantitative estimate of drug-likeness (QED) is 0.904. The van der Waals surface area contributed by atoms with Gasteiger partial charge in [0.1, 0.15) is 5.75 Å². The average molecular weight is 291 g/mol. The van der Waals surface area contributed by atoms with Crippen LogP contribution in [0.3, 0.4) is 0 Å². The maximum Gasteiger partial charge on any atom is 0.119 e. The molecule has 4 heteroatoms. The predicted octanol–water partition coefficient (Wildman–Crippen LogP) is 2.37. The summed E-state index contributed by atoms with van der Waals surface area (Å²) in [6, 6.07) is 8.28. The normalized spacial score (nSPS) is 27.3. The minimum atomic E-state index is -0.444. The van der Waals surface area contributed by atoms with Crippen molar-refractivity contribution >= 4 is 0 Å². The molecule has 0 spiro atoms. The molecule has 0 aromatic heterocycles. The van der Waals surface area contributed by atoms with Gasteiger partial charge in [-0.05, 0) is 43.9 Å². The molecule has 0 bridgehead atoms. The maximum absolute atomic E-state index is 10.5. The van der Waals surface area contributed by atoms with Crippen LogP contribution in [-0.4, -0.2) is 48.5 Å². The number of aliphatic hydroxyl groups is 1. The van der Waals surface area contributed by atoms with E-state index < -0.39 is 6.10 Å². The number of ether oxygens (including phenoxy) is 2. The lowest BCUT2D eigenvalue weighted by atomic mass is 10.1. The summed E-state index contributed by atoms with van der Waals surface area (Å²) in [5.41, 5.74) is 0.958. The first-order valence-electron chi connectivity index (χ1n) is 8.04. The highest BCUT2D eigenvalue weighted by atomic mass is 16.5. The van der Waals surface area contributed by atoms with Crippen molar-refractivity contribution in [2.75, 3.05) is 26.3 Å². The van der Waals surface area contributed by atoms with Gasteiger partial charge in [0.2, 0.25) is 0 Å². The molecule has 1 N–H and O–H groups in total. The van der Waals surface area contributed by atoms with Gasteiger partial charge in [-0.25, -0.2) is 0 Å². The smallest absolute Gasteiger partial charge is 0.119 e. The van der Waals surface area contributed by atoms with Gasteiger partial charge in [-0.3, -0.25) is 4.90 Å². The van der Waals surface area contributed by atoms with Crippen molar-refractivity contribution in [3.8, 4) is 5.75 Å². The van der Waals surface area contributed by atoms with E-state index in [1.165, 1.54) is 19.3 Å². The van der Waals surface area contributed by atoms with E-state index >= 15 is 0 Å². The van der Waals surface area contributed by atoms with E-state index in [1.54, 1.807) is 0 Å². The molecule has 3 rings (SSSR count). The molecule has 2 fully saturated rings. The first-order chi connectivity index (χ1) is 10.3. The third-order valence-corrected chi connectivity index (χ3v) is 4.58. The molecule has 1 saturated carbocycles. The summed E-state index contributed by atoms with van der Waals surface area (Å²) in [4.78, 5) is 2.41. The third kappa shape index (κ3) is 3.39. The van der Waals surface area contributed by atoms with E-state index in [0.717, 1.165) is 24.5 Å². The Kier molecular flexibility index (Phi) is 4.78. The van der Waals surface area contributed by atoms with Gasteiger partial charge in [0.05, 0.1) is 25.4 Å². The lowest BCUT2D eigenvalue weighted by molar-refractivity contribution is -0.0675. The van der Waals surface area contributed by atoms with E-state index in [9.17, 15) is 5.11 Å². The number of β-amino-alcohol motifs (C(OH)–C–C–N with tert-alkyl or cyclic N) is 1. The fourth-order valence-electron chi connectivity index (χ4n) is 3.51. The van der Waals surface area contributed by atoms with E-state index in [-0.39, 0.29) is 0 Å². The van der Waals surface area contributed by atoms with Gasteiger partial charge in [-0.2, -0.15) is 0 Å². The first-order valence-corrected chi connectivity index (χ1v) is 8.04. The second kappa shape index (κ2) is 6.77. The molecular formula is C17H25NO3. The van der Waals surface area contributed by atoms with Gasteiger partial charge in [0, 0.05) is 19.1 Å². The molecule has 1 aliphatic carbocycles. The highest BCUT2D eigenvalue weighted by molar-refractivity contribution is 5.28. The number of benzene rings is 1. The zero-order valence-electron chi connectivity index (χ0n) is 12.7. The molecule has 3 unspecified atom stereocenters. The summed E-state index contributed by atoms with van der Waals surface area (Å²) < 4.78 is 11.3. The summed E-state index contributed by atoms with van der Waals surface area (Å²) in [6.07, 6.45) is 3.54. The Morgan fingerprint density at radius 2 is 2.14 bits per heavy atom. The summed E-state index contributed by atoms with van der Waals surface area (Å²) in [5.74, 6) is 0.857. The minimum Gasteiger partial charge on any atom is -0.494 e. The first kappa shape index (κ1) is 14.8. The van der Waals surface area contributed by atoms with Gasteiger partial charge in [0.15, 0.2) is 0 Å². The number of hydrogen-bond donors (Lipinski definition) is 1. The van der Waals surface area contributed by atoms with Crippen molar-refractivity contribution in [2.24, 2.45) is 0 Å². The molecule has 1 aromatic rings. The summed E-state index contributed by atoms with van der Waals surface area (Å²) in [5, 5.41) is 10.5. The molecule has 2 aliphatic rings. The van der Waals surface area contributed by atoms with Crippen LogP contribution >= 0.6 is 0 Å². The standard InChI is InChI=1S/C17H25NO3/c1-2-20-14-8-6-13(7-9-14)16(19)12-18-10-11-21-17-5-3-4-15(17)18/h6-9,15-17,19H,2-5,10-12H2,1H3. The van der Waals surface area contributed by atoms with E-state index in [0.29, 0.717) is 25.3 Å². The van der Waals surface area contributed by atoms with Crippen LogP contribution in [0.4, 0.5) is 0 Å². The molecule has 0 amide bonds. The summed E-state index contributed by atoms with van der Waals surface area (Å²) in [7, 11) is 0. The van der Waals surface area contributed by atoms with E-state index in [4.69, 9.17) is 9.47 Å². The fourth-order valence-corrected chi connectivity index (χ4v) is 3.51. The van der Waals surface area contributed by atoms with Gasteiger partial charge >= 0.3 is 0 Å². The van der Waals surface area contributed by atoms with Crippen LogP contribution in [0.15, 0.2) is 24.3 Å². The van der Waals surface area contributed by atoms with Gasteiger partial charge in [-0.15, -0.1) is 0 Å². The predicted molar refractivity (Wildman–Crippen MR) is 81.5 cm³/mol. The minimum absolute atomic E-state index is 0.381. The summed E-state index contributed by atoms with van der Waals surface area (Å²) >= 11 is 0. The van der Waals surface area contributed by atoms with Crippen LogP contribution in [0.2, 0.25) is 0 Å².